The largest absolute Gasteiger partial charge is 0.332 e. The van der Waals surface area contributed by atoms with E-state index in [2.05, 4.69) is 26.7 Å². The van der Waals surface area contributed by atoms with Crippen molar-refractivity contribution in [1.82, 2.24) is 19.8 Å². The highest BCUT2D eigenvalue weighted by molar-refractivity contribution is 5.19. The third-order valence-corrected chi connectivity index (χ3v) is 4.23. The molecule has 0 saturated carbocycles. The van der Waals surface area contributed by atoms with Gasteiger partial charge in [0, 0.05) is 31.7 Å². The van der Waals surface area contributed by atoms with Crippen LogP contribution in [0.15, 0.2) is 0 Å². The molecule has 3 heterocycles. The monoisotopic (exact) mass is 248 g/mol. The molecule has 4 nitrogen and oxygen atoms in total. The Balaban J connectivity index is 1.59. The summed E-state index contributed by atoms with van der Waals surface area (Å²) in [6.07, 6.45) is 5.19. The molecule has 0 radical (unpaired) electrons. The van der Waals surface area contributed by atoms with Crippen LogP contribution in [0.2, 0.25) is 0 Å². The predicted molar refractivity (Wildman–Crippen MR) is 72.7 cm³/mol. The maximum Gasteiger partial charge on any atom is 0.106 e. The zero-order chi connectivity index (χ0) is 12.4. The molecule has 1 aromatic heterocycles. The summed E-state index contributed by atoms with van der Waals surface area (Å²) in [5.41, 5.74) is 2.76. The second-order valence-corrected chi connectivity index (χ2v) is 5.53. The van der Waals surface area contributed by atoms with Crippen molar-refractivity contribution in [2.24, 2.45) is 0 Å². The van der Waals surface area contributed by atoms with E-state index >= 15 is 0 Å². The minimum Gasteiger partial charge on any atom is -0.332 e. The number of nitrogens with zero attached hydrogens (tertiary/aromatic N) is 3. The average molecular weight is 248 g/mol. The van der Waals surface area contributed by atoms with Crippen LogP contribution in [0.3, 0.4) is 0 Å². The summed E-state index contributed by atoms with van der Waals surface area (Å²) in [6, 6.07) is 0. The van der Waals surface area contributed by atoms with Crippen molar-refractivity contribution in [3.05, 3.63) is 17.2 Å². The van der Waals surface area contributed by atoms with E-state index in [0.29, 0.717) is 0 Å². The molecule has 1 fully saturated rings. The lowest BCUT2D eigenvalue weighted by Gasteiger charge is -2.18. The maximum absolute atomic E-state index is 4.69. The van der Waals surface area contributed by atoms with Gasteiger partial charge in [0.1, 0.15) is 5.82 Å². The molecule has 100 valence electrons. The van der Waals surface area contributed by atoms with E-state index in [4.69, 9.17) is 0 Å². The molecule has 0 spiro atoms. The lowest BCUT2D eigenvalue weighted by atomic mass is 10.2. The summed E-state index contributed by atoms with van der Waals surface area (Å²) in [7, 11) is 0. The van der Waals surface area contributed by atoms with Gasteiger partial charge in [0.2, 0.25) is 0 Å². The molecular weight excluding hydrogens is 224 g/mol. The second-order valence-electron chi connectivity index (χ2n) is 5.53. The van der Waals surface area contributed by atoms with Crippen LogP contribution < -0.4 is 5.32 Å². The van der Waals surface area contributed by atoms with Crippen LogP contribution in [-0.4, -0.2) is 40.6 Å². The third-order valence-electron chi connectivity index (χ3n) is 4.23. The van der Waals surface area contributed by atoms with Gasteiger partial charge in [-0.3, -0.25) is 0 Å². The van der Waals surface area contributed by atoms with Gasteiger partial charge in [-0.1, -0.05) is 0 Å². The number of aryl methyl sites for hydroxylation is 1. The van der Waals surface area contributed by atoms with Gasteiger partial charge >= 0.3 is 0 Å². The Labute approximate surface area is 109 Å². The molecule has 2 aliphatic rings. The van der Waals surface area contributed by atoms with E-state index in [9.17, 15) is 0 Å². The summed E-state index contributed by atoms with van der Waals surface area (Å²) in [5, 5.41) is 3.40. The molecule has 1 N–H and O–H groups in total. The van der Waals surface area contributed by atoms with E-state index in [0.717, 1.165) is 26.1 Å². The number of aromatic nitrogens is 2. The van der Waals surface area contributed by atoms with Crippen molar-refractivity contribution in [2.45, 2.75) is 45.7 Å². The Morgan fingerprint density at radius 3 is 2.89 bits per heavy atom. The molecule has 18 heavy (non-hydrogen) atoms. The molecule has 3 rings (SSSR count). The highest BCUT2D eigenvalue weighted by atomic mass is 15.1. The number of nitrogens with one attached hydrogen (secondary N) is 1. The van der Waals surface area contributed by atoms with Gasteiger partial charge in [0.05, 0.1) is 5.69 Å². The second kappa shape index (κ2) is 5.41. The normalized spacial score (nSPS) is 20.3. The van der Waals surface area contributed by atoms with E-state index in [1.54, 1.807) is 0 Å². The molecule has 1 saturated heterocycles. The molecule has 0 atom stereocenters. The fraction of sp³-hybridized carbons (Fsp3) is 0.786. The first-order chi connectivity index (χ1) is 8.84. The zero-order valence-corrected chi connectivity index (χ0v) is 11.4. The Bertz CT molecular complexity index is 404. The fourth-order valence-corrected chi connectivity index (χ4v) is 3.26. The number of imidazole rings is 1. The predicted octanol–water partition coefficient (Wildman–Crippen LogP) is 1.32. The molecule has 0 amide bonds. The number of likely N-dealkylation sites (tertiary alicyclic amines) is 1. The van der Waals surface area contributed by atoms with Gasteiger partial charge in [-0.05, 0) is 45.8 Å². The lowest BCUT2D eigenvalue weighted by molar-refractivity contribution is 0.323. The van der Waals surface area contributed by atoms with E-state index in [1.807, 2.05) is 0 Å². The van der Waals surface area contributed by atoms with Gasteiger partial charge in [-0.25, -0.2) is 4.98 Å². The zero-order valence-electron chi connectivity index (χ0n) is 11.4. The summed E-state index contributed by atoms with van der Waals surface area (Å²) in [5.74, 6) is 1.20. The van der Waals surface area contributed by atoms with Crippen molar-refractivity contribution < 1.29 is 0 Å². The van der Waals surface area contributed by atoms with E-state index < -0.39 is 0 Å². The Morgan fingerprint density at radius 1 is 1.22 bits per heavy atom. The number of hydrogen-bond acceptors (Lipinski definition) is 3. The highest BCUT2D eigenvalue weighted by Crippen LogP contribution is 2.16. The minimum atomic E-state index is 0.954. The number of hydrogen-bond donors (Lipinski definition) is 1. The standard InChI is InChI=1S/C14H24N4/c1-12-16-13-11-15-6-5-14(13)18(12)10-4-9-17-7-2-3-8-17/h15H,2-11H2,1H3. The van der Waals surface area contributed by atoms with Gasteiger partial charge < -0.3 is 14.8 Å². The van der Waals surface area contributed by atoms with Crippen molar-refractivity contribution in [2.75, 3.05) is 26.2 Å². The molecule has 2 aliphatic heterocycles. The first-order valence-corrected chi connectivity index (χ1v) is 7.32. The minimum absolute atomic E-state index is 0.954. The molecule has 0 unspecified atom stereocenters. The van der Waals surface area contributed by atoms with Crippen molar-refractivity contribution in [3.8, 4) is 0 Å². The molecule has 1 aromatic rings. The highest BCUT2D eigenvalue weighted by Gasteiger charge is 2.17. The number of rotatable bonds is 4. The van der Waals surface area contributed by atoms with Crippen LogP contribution in [0.4, 0.5) is 0 Å². The summed E-state index contributed by atoms with van der Waals surface area (Å²) in [6.45, 7) is 9.22. The average Bonchev–Trinajstić information content (AvgIpc) is 2.98. The van der Waals surface area contributed by atoms with Crippen LogP contribution in [0.25, 0.3) is 0 Å². The van der Waals surface area contributed by atoms with Crippen molar-refractivity contribution in [3.63, 3.8) is 0 Å². The van der Waals surface area contributed by atoms with Gasteiger partial charge in [-0.2, -0.15) is 0 Å². The van der Waals surface area contributed by atoms with Crippen molar-refractivity contribution >= 4 is 0 Å². The molecular formula is C14H24N4. The quantitative estimate of drug-likeness (QED) is 0.872. The molecule has 0 aliphatic carbocycles. The van der Waals surface area contributed by atoms with Gasteiger partial charge in [-0.15, -0.1) is 0 Å². The van der Waals surface area contributed by atoms with Crippen molar-refractivity contribution in [1.29, 1.82) is 0 Å². The molecule has 0 bridgehead atoms. The van der Waals surface area contributed by atoms with Crippen LogP contribution in [0.1, 0.15) is 36.5 Å². The topological polar surface area (TPSA) is 33.1 Å². The maximum atomic E-state index is 4.69. The first-order valence-electron chi connectivity index (χ1n) is 7.32. The Morgan fingerprint density at radius 2 is 2.06 bits per heavy atom. The van der Waals surface area contributed by atoms with Crippen LogP contribution in [0, 0.1) is 6.92 Å². The Hall–Kier alpha value is -0.870. The van der Waals surface area contributed by atoms with Gasteiger partial charge in [0.15, 0.2) is 0 Å². The lowest BCUT2D eigenvalue weighted by Crippen LogP contribution is -2.26. The third kappa shape index (κ3) is 2.45. The van der Waals surface area contributed by atoms with Crippen LogP contribution in [-0.2, 0) is 19.5 Å². The molecule has 4 heteroatoms. The van der Waals surface area contributed by atoms with Crippen LogP contribution >= 0.6 is 0 Å². The summed E-state index contributed by atoms with van der Waals surface area (Å²) >= 11 is 0. The summed E-state index contributed by atoms with van der Waals surface area (Å²) < 4.78 is 2.45. The smallest absolute Gasteiger partial charge is 0.106 e. The van der Waals surface area contributed by atoms with Gasteiger partial charge in [0.25, 0.3) is 0 Å². The summed E-state index contributed by atoms with van der Waals surface area (Å²) in [4.78, 5) is 7.29. The fourth-order valence-electron chi connectivity index (χ4n) is 3.26. The van der Waals surface area contributed by atoms with Crippen LogP contribution in [0.5, 0.6) is 0 Å². The molecule has 0 aromatic carbocycles. The first kappa shape index (κ1) is 12.2. The Kier molecular flexibility index (Phi) is 3.66. The van der Waals surface area contributed by atoms with E-state index in [-0.39, 0.29) is 0 Å². The SMILES string of the molecule is Cc1nc2c(n1CCCN1CCCC1)CCNC2. The van der Waals surface area contributed by atoms with E-state index in [1.165, 1.54) is 56.1 Å². The number of fused-ring (bicyclic) bond motifs is 1.